The summed E-state index contributed by atoms with van der Waals surface area (Å²) in [5.74, 6) is 0. The van der Waals surface area contributed by atoms with Crippen LogP contribution in [0.25, 0.3) is 10.9 Å². The maximum atomic E-state index is 6.06. The highest BCUT2D eigenvalue weighted by atomic mass is 35.5. The average Bonchev–Trinajstić information content (AvgIpc) is 2.72. The van der Waals surface area contributed by atoms with Crippen molar-refractivity contribution in [2.75, 3.05) is 26.7 Å². The van der Waals surface area contributed by atoms with Crippen molar-refractivity contribution in [2.24, 2.45) is 0 Å². The number of rotatable bonds is 2. The molecule has 1 unspecified atom stereocenters. The van der Waals surface area contributed by atoms with Crippen LogP contribution in [0.3, 0.4) is 0 Å². The van der Waals surface area contributed by atoms with Gasteiger partial charge >= 0.3 is 0 Å². The fraction of sp³-hybridized carbons (Fsp3) is 0.429. The van der Waals surface area contributed by atoms with E-state index in [1.54, 1.807) is 0 Å². The molecule has 0 N–H and O–H groups in total. The van der Waals surface area contributed by atoms with Crippen molar-refractivity contribution >= 4 is 22.5 Å². The first-order chi connectivity index (χ1) is 8.72. The molecule has 2 aromatic rings. The normalized spacial score (nSPS) is 21.6. The molecule has 0 bridgehead atoms. The van der Waals surface area contributed by atoms with Crippen LogP contribution in [0.1, 0.15) is 0 Å². The van der Waals surface area contributed by atoms with Gasteiger partial charge in [-0.2, -0.15) is 0 Å². The molecule has 0 radical (unpaired) electrons. The minimum absolute atomic E-state index is 0.262. The van der Waals surface area contributed by atoms with Gasteiger partial charge in [-0.15, -0.1) is 0 Å². The Labute approximate surface area is 112 Å². The van der Waals surface area contributed by atoms with Crippen LogP contribution in [0, 0.1) is 0 Å². The first-order valence-electron chi connectivity index (χ1n) is 6.27. The number of hydrogen-bond acceptors (Lipinski definition) is 2. The van der Waals surface area contributed by atoms with Crippen LogP contribution >= 0.6 is 11.6 Å². The van der Waals surface area contributed by atoms with E-state index in [4.69, 9.17) is 16.3 Å². The Morgan fingerprint density at radius 1 is 1.39 bits per heavy atom. The number of aromatic nitrogens is 1. The fourth-order valence-electron chi connectivity index (χ4n) is 2.51. The van der Waals surface area contributed by atoms with Crippen molar-refractivity contribution in [3.8, 4) is 0 Å². The van der Waals surface area contributed by atoms with Gasteiger partial charge in [0.15, 0.2) is 0 Å². The molecule has 3 rings (SSSR count). The Morgan fingerprint density at radius 2 is 2.28 bits per heavy atom. The number of likely N-dealkylation sites (N-methyl/N-ethyl adjacent to an activating group) is 1. The number of nitrogens with zero attached hydrogens (tertiary/aromatic N) is 2. The van der Waals surface area contributed by atoms with Gasteiger partial charge in [0.2, 0.25) is 0 Å². The lowest BCUT2D eigenvalue weighted by molar-refractivity contribution is -0.0269. The molecule has 1 aliphatic rings. The first-order valence-corrected chi connectivity index (χ1v) is 6.65. The maximum Gasteiger partial charge on any atom is 0.0881 e. The quantitative estimate of drug-likeness (QED) is 0.830. The zero-order valence-corrected chi connectivity index (χ0v) is 11.2. The lowest BCUT2D eigenvalue weighted by Crippen LogP contribution is -2.41. The number of halogens is 1. The largest absolute Gasteiger partial charge is 0.374 e. The van der Waals surface area contributed by atoms with Crippen LogP contribution in [-0.2, 0) is 11.3 Å². The average molecular weight is 265 g/mol. The van der Waals surface area contributed by atoms with E-state index in [-0.39, 0.29) is 6.10 Å². The molecule has 0 amide bonds. The van der Waals surface area contributed by atoms with Gasteiger partial charge < -0.3 is 14.2 Å². The van der Waals surface area contributed by atoms with Gasteiger partial charge in [0, 0.05) is 29.8 Å². The third-order valence-corrected chi connectivity index (χ3v) is 3.71. The van der Waals surface area contributed by atoms with E-state index in [9.17, 15) is 0 Å². The van der Waals surface area contributed by atoms with Crippen LogP contribution in [-0.4, -0.2) is 42.3 Å². The molecule has 1 aliphatic heterocycles. The molecular weight excluding hydrogens is 248 g/mol. The molecule has 1 aromatic carbocycles. The van der Waals surface area contributed by atoms with Crippen LogP contribution in [0.2, 0.25) is 5.02 Å². The monoisotopic (exact) mass is 264 g/mol. The number of benzene rings is 1. The zero-order valence-electron chi connectivity index (χ0n) is 10.5. The predicted molar refractivity (Wildman–Crippen MR) is 74.2 cm³/mol. The van der Waals surface area contributed by atoms with Gasteiger partial charge in [-0.05, 0) is 30.6 Å². The summed E-state index contributed by atoms with van der Waals surface area (Å²) in [5.41, 5.74) is 1.18. The van der Waals surface area contributed by atoms with Crippen molar-refractivity contribution in [1.29, 1.82) is 0 Å². The second-order valence-corrected chi connectivity index (χ2v) is 5.36. The van der Waals surface area contributed by atoms with Crippen LogP contribution < -0.4 is 0 Å². The third kappa shape index (κ3) is 2.39. The first kappa shape index (κ1) is 12.0. The second kappa shape index (κ2) is 4.92. The van der Waals surface area contributed by atoms with E-state index in [0.29, 0.717) is 0 Å². The Balaban J connectivity index is 1.83. The minimum atomic E-state index is 0.262. The lowest BCUT2D eigenvalue weighted by Gasteiger charge is -2.30. The smallest absolute Gasteiger partial charge is 0.0881 e. The van der Waals surface area contributed by atoms with Crippen molar-refractivity contribution in [2.45, 2.75) is 12.6 Å². The maximum absolute atomic E-state index is 6.06. The summed E-state index contributed by atoms with van der Waals surface area (Å²) < 4.78 is 8.03. The summed E-state index contributed by atoms with van der Waals surface area (Å²) in [6, 6.07) is 8.13. The SMILES string of the molecule is CN1CCOC(Cn2ccc3ccc(Cl)cc32)C1. The molecule has 1 fully saturated rings. The van der Waals surface area contributed by atoms with E-state index >= 15 is 0 Å². The fourth-order valence-corrected chi connectivity index (χ4v) is 2.68. The number of ether oxygens (including phenoxy) is 1. The second-order valence-electron chi connectivity index (χ2n) is 4.93. The van der Waals surface area contributed by atoms with E-state index < -0.39 is 0 Å². The van der Waals surface area contributed by atoms with Gasteiger partial charge in [-0.25, -0.2) is 0 Å². The van der Waals surface area contributed by atoms with Gasteiger partial charge in [-0.3, -0.25) is 0 Å². The molecule has 1 aromatic heterocycles. The highest BCUT2D eigenvalue weighted by molar-refractivity contribution is 6.31. The molecule has 3 nitrogen and oxygen atoms in total. The Kier molecular flexibility index (Phi) is 3.29. The van der Waals surface area contributed by atoms with Gasteiger partial charge in [0.25, 0.3) is 0 Å². The van der Waals surface area contributed by atoms with E-state index in [1.165, 1.54) is 10.9 Å². The molecular formula is C14H17ClN2O. The van der Waals surface area contributed by atoms with Gasteiger partial charge in [0.05, 0.1) is 19.3 Å². The summed E-state index contributed by atoms with van der Waals surface area (Å²) in [7, 11) is 2.14. The summed E-state index contributed by atoms with van der Waals surface area (Å²) in [6.45, 7) is 3.71. The minimum Gasteiger partial charge on any atom is -0.374 e. The molecule has 1 saturated heterocycles. The van der Waals surface area contributed by atoms with Gasteiger partial charge in [0.1, 0.15) is 0 Å². The lowest BCUT2D eigenvalue weighted by atomic mass is 10.2. The van der Waals surface area contributed by atoms with E-state index in [1.807, 2.05) is 12.1 Å². The molecule has 18 heavy (non-hydrogen) atoms. The number of morpholine rings is 1. The molecule has 2 heterocycles. The van der Waals surface area contributed by atoms with Crippen LogP contribution in [0.5, 0.6) is 0 Å². The van der Waals surface area contributed by atoms with Crippen LogP contribution in [0.4, 0.5) is 0 Å². The Bertz CT molecular complexity index is 552. The molecule has 4 heteroatoms. The Morgan fingerprint density at radius 3 is 3.11 bits per heavy atom. The van der Waals surface area contributed by atoms with E-state index in [2.05, 4.69) is 34.8 Å². The summed E-state index contributed by atoms with van der Waals surface area (Å²) >= 11 is 6.06. The highest BCUT2D eigenvalue weighted by Crippen LogP contribution is 2.21. The summed E-state index contributed by atoms with van der Waals surface area (Å²) in [4.78, 5) is 2.31. The molecule has 0 saturated carbocycles. The third-order valence-electron chi connectivity index (χ3n) is 3.48. The van der Waals surface area contributed by atoms with Gasteiger partial charge in [-0.1, -0.05) is 17.7 Å². The zero-order chi connectivity index (χ0) is 12.5. The number of hydrogen-bond donors (Lipinski definition) is 0. The van der Waals surface area contributed by atoms with Crippen molar-refractivity contribution in [1.82, 2.24) is 9.47 Å². The number of fused-ring (bicyclic) bond motifs is 1. The van der Waals surface area contributed by atoms with Crippen molar-refractivity contribution < 1.29 is 4.74 Å². The summed E-state index contributed by atoms with van der Waals surface area (Å²) in [5, 5.41) is 2.01. The molecule has 0 spiro atoms. The van der Waals surface area contributed by atoms with Crippen molar-refractivity contribution in [3.63, 3.8) is 0 Å². The molecule has 1 atom stereocenters. The molecule has 96 valence electrons. The van der Waals surface area contributed by atoms with E-state index in [0.717, 1.165) is 31.3 Å². The Hall–Kier alpha value is -1.03. The highest BCUT2D eigenvalue weighted by Gasteiger charge is 2.18. The topological polar surface area (TPSA) is 17.4 Å². The van der Waals surface area contributed by atoms with Crippen LogP contribution in [0.15, 0.2) is 30.5 Å². The standard InChI is InChI=1S/C14H17ClN2O/c1-16-6-7-18-13(9-16)10-17-5-4-11-2-3-12(15)8-14(11)17/h2-5,8,13H,6-7,9-10H2,1H3. The molecule has 0 aliphatic carbocycles. The predicted octanol–water partition coefficient (Wildman–Crippen LogP) is 2.63. The van der Waals surface area contributed by atoms with Crippen molar-refractivity contribution in [3.05, 3.63) is 35.5 Å². The summed E-state index contributed by atoms with van der Waals surface area (Å²) in [6.07, 6.45) is 2.37.